The van der Waals surface area contributed by atoms with Gasteiger partial charge in [0.2, 0.25) is 11.8 Å². The summed E-state index contributed by atoms with van der Waals surface area (Å²) in [4.78, 5) is 35.0. The molecule has 8 heteroatoms. The number of hydrogen-bond acceptors (Lipinski definition) is 4. The SMILES string of the molecule is CC(C(=O)O)N(C)CCC(=O)Nc1ccc(C(N)=O)cc1.Cl. The molecule has 0 fully saturated rings. The van der Waals surface area contributed by atoms with Crippen LogP contribution < -0.4 is 11.1 Å². The predicted octanol–water partition coefficient (Wildman–Crippen LogP) is 0.941. The first-order valence-electron chi connectivity index (χ1n) is 6.44. The lowest BCUT2D eigenvalue weighted by molar-refractivity contribution is -0.142. The number of rotatable bonds is 7. The summed E-state index contributed by atoms with van der Waals surface area (Å²) in [5.74, 6) is -1.69. The summed E-state index contributed by atoms with van der Waals surface area (Å²) in [5.41, 5.74) is 6.04. The number of carboxylic acid groups (broad SMARTS) is 1. The van der Waals surface area contributed by atoms with Gasteiger partial charge in [-0.05, 0) is 38.2 Å². The Morgan fingerprint density at radius 3 is 2.27 bits per heavy atom. The molecule has 4 N–H and O–H groups in total. The van der Waals surface area contributed by atoms with Crippen LogP contribution in [-0.2, 0) is 9.59 Å². The molecular weight excluding hydrogens is 310 g/mol. The number of carbonyl (C=O) groups excluding carboxylic acids is 2. The summed E-state index contributed by atoms with van der Waals surface area (Å²) in [6, 6.07) is 5.57. The molecule has 0 aromatic heterocycles. The van der Waals surface area contributed by atoms with Gasteiger partial charge in [0.05, 0.1) is 0 Å². The van der Waals surface area contributed by atoms with Gasteiger partial charge in [0.25, 0.3) is 0 Å². The molecule has 122 valence electrons. The van der Waals surface area contributed by atoms with E-state index in [-0.39, 0.29) is 24.7 Å². The zero-order chi connectivity index (χ0) is 16.0. The number of nitrogens with one attached hydrogen (secondary N) is 1. The Morgan fingerprint density at radius 1 is 1.27 bits per heavy atom. The van der Waals surface area contributed by atoms with E-state index in [1.807, 2.05) is 0 Å². The number of likely N-dealkylation sites (N-methyl/N-ethyl adjacent to an activating group) is 1. The highest BCUT2D eigenvalue weighted by atomic mass is 35.5. The normalized spacial score (nSPS) is 11.4. The van der Waals surface area contributed by atoms with Crippen LogP contribution in [0.1, 0.15) is 23.7 Å². The zero-order valence-corrected chi connectivity index (χ0v) is 13.2. The second kappa shape index (κ2) is 9.01. The fourth-order valence-electron chi connectivity index (χ4n) is 1.60. The van der Waals surface area contributed by atoms with Crippen LogP contribution >= 0.6 is 12.4 Å². The number of aliphatic carboxylic acids is 1. The van der Waals surface area contributed by atoms with E-state index in [1.54, 1.807) is 31.0 Å². The van der Waals surface area contributed by atoms with Crippen LogP contribution in [0, 0.1) is 0 Å². The number of halogens is 1. The standard InChI is InChI=1S/C14H19N3O4.ClH/c1-9(14(20)21)17(2)8-7-12(18)16-11-5-3-10(4-6-11)13(15)19;/h3-6,9H,7-8H2,1-2H3,(H2,15,19)(H,16,18)(H,20,21);1H. The molecule has 1 unspecified atom stereocenters. The molecule has 0 saturated heterocycles. The predicted molar refractivity (Wildman–Crippen MR) is 85.2 cm³/mol. The number of carboxylic acids is 1. The fourth-order valence-corrected chi connectivity index (χ4v) is 1.60. The molecule has 1 aromatic carbocycles. The lowest BCUT2D eigenvalue weighted by Gasteiger charge is -2.20. The number of nitrogens with zero attached hydrogens (tertiary/aromatic N) is 1. The quantitative estimate of drug-likeness (QED) is 0.689. The van der Waals surface area contributed by atoms with E-state index in [0.717, 1.165) is 0 Å². The van der Waals surface area contributed by atoms with E-state index >= 15 is 0 Å². The Balaban J connectivity index is 0.00000441. The lowest BCUT2D eigenvalue weighted by Crippen LogP contribution is -2.37. The Hall–Kier alpha value is -2.12. The molecule has 1 rings (SSSR count). The Bertz CT molecular complexity index is 533. The third-order valence-corrected chi connectivity index (χ3v) is 3.16. The lowest BCUT2D eigenvalue weighted by atomic mass is 10.2. The molecule has 0 aliphatic rings. The minimum Gasteiger partial charge on any atom is -0.480 e. The number of nitrogens with two attached hydrogens (primary N) is 1. The summed E-state index contributed by atoms with van der Waals surface area (Å²) in [6.07, 6.45) is 0.172. The van der Waals surface area contributed by atoms with Gasteiger partial charge in [0.1, 0.15) is 6.04 Å². The van der Waals surface area contributed by atoms with Gasteiger partial charge in [-0.1, -0.05) is 0 Å². The molecule has 7 nitrogen and oxygen atoms in total. The highest BCUT2D eigenvalue weighted by Gasteiger charge is 2.17. The van der Waals surface area contributed by atoms with E-state index < -0.39 is 17.9 Å². The van der Waals surface area contributed by atoms with Crippen molar-refractivity contribution in [2.45, 2.75) is 19.4 Å². The third-order valence-electron chi connectivity index (χ3n) is 3.16. The molecule has 0 spiro atoms. The first-order chi connectivity index (χ1) is 9.81. The van der Waals surface area contributed by atoms with Gasteiger partial charge in [-0.2, -0.15) is 0 Å². The molecule has 0 heterocycles. The minimum atomic E-state index is -0.931. The van der Waals surface area contributed by atoms with E-state index in [1.165, 1.54) is 12.1 Å². The summed E-state index contributed by atoms with van der Waals surface area (Å²) >= 11 is 0. The molecule has 0 radical (unpaired) electrons. The first kappa shape index (κ1) is 19.9. The van der Waals surface area contributed by atoms with Gasteiger partial charge in [0.15, 0.2) is 0 Å². The van der Waals surface area contributed by atoms with Crippen LogP contribution in [0.4, 0.5) is 5.69 Å². The highest BCUT2D eigenvalue weighted by molar-refractivity contribution is 5.94. The topological polar surface area (TPSA) is 113 Å². The van der Waals surface area contributed by atoms with Crippen molar-refractivity contribution in [3.63, 3.8) is 0 Å². The Morgan fingerprint density at radius 2 is 1.82 bits per heavy atom. The van der Waals surface area contributed by atoms with Crippen molar-refractivity contribution in [3.05, 3.63) is 29.8 Å². The van der Waals surface area contributed by atoms with E-state index in [2.05, 4.69) is 5.32 Å². The number of anilines is 1. The van der Waals surface area contributed by atoms with Crippen LogP contribution in [0.25, 0.3) is 0 Å². The first-order valence-corrected chi connectivity index (χ1v) is 6.44. The molecule has 0 aliphatic heterocycles. The van der Waals surface area contributed by atoms with Crippen molar-refractivity contribution in [2.75, 3.05) is 18.9 Å². The largest absolute Gasteiger partial charge is 0.480 e. The Kier molecular flexibility index (Phi) is 8.14. The molecule has 0 bridgehead atoms. The monoisotopic (exact) mass is 329 g/mol. The van der Waals surface area contributed by atoms with Crippen molar-refractivity contribution in [2.24, 2.45) is 5.73 Å². The summed E-state index contributed by atoms with van der Waals surface area (Å²) in [7, 11) is 1.65. The van der Waals surface area contributed by atoms with Crippen LogP contribution in [-0.4, -0.2) is 47.4 Å². The highest BCUT2D eigenvalue weighted by Crippen LogP contribution is 2.09. The van der Waals surface area contributed by atoms with Gasteiger partial charge in [-0.15, -0.1) is 12.4 Å². The van der Waals surface area contributed by atoms with Crippen molar-refractivity contribution >= 4 is 35.9 Å². The third kappa shape index (κ3) is 6.11. The smallest absolute Gasteiger partial charge is 0.320 e. The van der Waals surface area contributed by atoms with E-state index in [4.69, 9.17) is 10.8 Å². The van der Waals surface area contributed by atoms with Crippen molar-refractivity contribution < 1.29 is 19.5 Å². The van der Waals surface area contributed by atoms with Gasteiger partial charge in [-0.3, -0.25) is 19.3 Å². The number of primary amides is 1. The average molecular weight is 330 g/mol. The van der Waals surface area contributed by atoms with E-state index in [9.17, 15) is 14.4 Å². The van der Waals surface area contributed by atoms with Gasteiger partial charge in [0, 0.05) is 24.2 Å². The van der Waals surface area contributed by atoms with Gasteiger partial charge >= 0.3 is 5.97 Å². The van der Waals surface area contributed by atoms with Gasteiger partial charge in [-0.25, -0.2) is 0 Å². The zero-order valence-electron chi connectivity index (χ0n) is 12.4. The molecule has 0 saturated carbocycles. The molecule has 22 heavy (non-hydrogen) atoms. The van der Waals surface area contributed by atoms with Crippen molar-refractivity contribution in [3.8, 4) is 0 Å². The summed E-state index contributed by atoms with van der Waals surface area (Å²) in [5, 5.41) is 11.5. The molecular formula is C14H20ClN3O4. The molecule has 2 amide bonds. The fraction of sp³-hybridized carbons (Fsp3) is 0.357. The number of amides is 2. The number of hydrogen-bond donors (Lipinski definition) is 3. The summed E-state index contributed by atoms with van der Waals surface area (Å²) in [6.45, 7) is 1.89. The maximum absolute atomic E-state index is 11.8. The van der Waals surface area contributed by atoms with Crippen molar-refractivity contribution in [1.82, 2.24) is 4.90 Å². The Labute approximate surface area is 134 Å². The second-order valence-electron chi connectivity index (χ2n) is 4.73. The van der Waals surface area contributed by atoms with E-state index in [0.29, 0.717) is 17.8 Å². The summed E-state index contributed by atoms with van der Waals surface area (Å²) < 4.78 is 0. The average Bonchev–Trinajstić information content (AvgIpc) is 2.44. The maximum Gasteiger partial charge on any atom is 0.320 e. The molecule has 1 atom stereocenters. The van der Waals surface area contributed by atoms with Crippen LogP contribution in [0.3, 0.4) is 0 Å². The second-order valence-corrected chi connectivity index (χ2v) is 4.73. The maximum atomic E-state index is 11.8. The van der Waals surface area contributed by atoms with Crippen LogP contribution in [0.2, 0.25) is 0 Å². The number of benzene rings is 1. The van der Waals surface area contributed by atoms with Crippen LogP contribution in [0.5, 0.6) is 0 Å². The number of carbonyl (C=O) groups is 3. The minimum absolute atomic E-state index is 0. The van der Waals surface area contributed by atoms with Gasteiger partial charge < -0.3 is 16.2 Å². The van der Waals surface area contributed by atoms with Crippen LogP contribution in [0.15, 0.2) is 24.3 Å². The van der Waals surface area contributed by atoms with Crippen molar-refractivity contribution in [1.29, 1.82) is 0 Å². The molecule has 1 aromatic rings. The molecule has 0 aliphatic carbocycles.